The van der Waals surface area contributed by atoms with Crippen molar-refractivity contribution >= 4 is 0 Å². The van der Waals surface area contributed by atoms with Crippen LogP contribution in [-0.2, 0) is 4.74 Å². The van der Waals surface area contributed by atoms with Crippen molar-refractivity contribution in [1.82, 2.24) is 0 Å². The summed E-state index contributed by atoms with van der Waals surface area (Å²) in [4.78, 5) is 0. The maximum Gasteiger partial charge on any atom is 0.107 e. The average Bonchev–Trinajstić information content (AvgIpc) is 1.91. The molecular formula is C8H14O. The zero-order valence-corrected chi connectivity index (χ0v) is 6.18. The summed E-state index contributed by atoms with van der Waals surface area (Å²) in [5.41, 5.74) is 0. The normalized spacial score (nSPS) is 9.56. The summed E-state index contributed by atoms with van der Waals surface area (Å²) < 4.78 is 5.25. The van der Waals surface area contributed by atoms with Crippen LogP contribution in [0.25, 0.3) is 0 Å². The average molecular weight is 126 g/mol. The van der Waals surface area contributed by atoms with Crippen LogP contribution in [-0.4, -0.2) is 12.7 Å². The van der Waals surface area contributed by atoms with Crippen LogP contribution in [0, 0.1) is 12.3 Å². The van der Waals surface area contributed by atoms with E-state index in [2.05, 4.69) is 19.8 Å². The summed E-state index contributed by atoms with van der Waals surface area (Å²) in [5, 5.41) is 0. The minimum Gasteiger partial charge on any atom is -0.366 e. The van der Waals surface area contributed by atoms with E-state index in [0.29, 0.717) is 12.7 Å². The predicted octanol–water partition coefficient (Wildman–Crippen LogP) is 1.82. The van der Waals surface area contributed by atoms with E-state index in [9.17, 15) is 0 Å². The van der Waals surface area contributed by atoms with E-state index in [1.807, 2.05) is 0 Å². The van der Waals surface area contributed by atoms with E-state index >= 15 is 0 Å². The Hall–Kier alpha value is -0.480. The quantitative estimate of drug-likeness (QED) is 0.522. The van der Waals surface area contributed by atoms with Crippen LogP contribution < -0.4 is 0 Å². The lowest BCUT2D eigenvalue weighted by atomic mass is 10.2. The molecule has 52 valence electrons. The van der Waals surface area contributed by atoms with E-state index in [1.54, 1.807) is 0 Å². The maximum atomic E-state index is 5.25. The third-order valence-electron chi connectivity index (χ3n) is 1.31. The molecule has 0 rings (SSSR count). The molecule has 0 N–H and O–H groups in total. The van der Waals surface area contributed by atoms with Gasteiger partial charge in [0.2, 0.25) is 0 Å². The predicted molar refractivity (Wildman–Crippen MR) is 39.2 cm³/mol. The number of ether oxygens (including phenoxy) is 1. The minimum atomic E-state index is 0.362. The van der Waals surface area contributed by atoms with Crippen molar-refractivity contribution < 1.29 is 4.74 Å². The fourth-order valence-electron chi connectivity index (χ4n) is 0.690. The molecule has 0 aromatic carbocycles. The van der Waals surface area contributed by atoms with Crippen LogP contribution in [0.2, 0.25) is 0 Å². The van der Waals surface area contributed by atoms with Crippen molar-refractivity contribution in [3.63, 3.8) is 0 Å². The molecule has 0 aromatic heterocycles. The van der Waals surface area contributed by atoms with Gasteiger partial charge in [-0.1, -0.05) is 19.8 Å². The lowest BCUT2D eigenvalue weighted by Gasteiger charge is -2.10. The van der Waals surface area contributed by atoms with Gasteiger partial charge in [-0.2, -0.15) is 0 Å². The molecule has 0 aliphatic heterocycles. The third kappa shape index (κ3) is 4.05. The van der Waals surface area contributed by atoms with Crippen molar-refractivity contribution in [2.75, 3.05) is 6.61 Å². The van der Waals surface area contributed by atoms with Crippen molar-refractivity contribution in [3.05, 3.63) is 0 Å². The van der Waals surface area contributed by atoms with Crippen LogP contribution in [0.3, 0.4) is 0 Å². The molecule has 0 atom stereocenters. The van der Waals surface area contributed by atoms with Crippen LogP contribution in [0.4, 0.5) is 0 Å². The summed E-state index contributed by atoms with van der Waals surface area (Å²) in [6.45, 7) is 4.65. The molecule has 0 unspecified atom stereocenters. The van der Waals surface area contributed by atoms with E-state index < -0.39 is 0 Å². The Morgan fingerprint density at radius 2 is 2.00 bits per heavy atom. The Bertz CT molecular complexity index is 87.2. The highest BCUT2D eigenvalue weighted by molar-refractivity contribution is 4.83. The first kappa shape index (κ1) is 8.52. The molecule has 1 nitrogen and oxygen atoms in total. The second-order valence-corrected chi connectivity index (χ2v) is 1.95. The number of hydrogen-bond acceptors (Lipinski definition) is 1. The zero-order valence-electron chi connectivity index (χ0n) is 6.18. The third-order valence-corrected chi connectivity index (χ3v) is 1.31. The minimum absolute atomic E-state index is 0.362. The van der Waals surface area contributed by atoms with Gasteiger partial charge in [0.05, 0.1) is 6.10 Å². The lowest BCUT2D eigenvalue weighted by molar-refractivity contribution is 0.0724. The van der Waals surface area contributed by atoms with Crippen LogP contribution in [0.15, 0.2) is 0 Å². The fourth-order valence-corrected chi connectivity index (χ4v) is 0.690. The summed E-state index contributed by atoms with van der Waals surface area (Å²) >= 11 is 0. The standard InChI is InChI=1S/C8H14O/c1-4-7-9-8(5-2)6-3/h1,8H,5-7H2,2-3H3. The summed E-state index contributed by atoms with van der Waals surface area (Å²) in [6, 6.07) is 0. The topological polar surface area (TPSA) is 9.23 Å². The Kier molecular flexibility index (Phi) is 5.35. The monoisotopic (exact) mass is 126 g/mol. The Morgan fingerprint density at radius 3 is 2.33 bits per heavy atom. The van der Waals surface area contributed by atoms with Gasteiger partial charge in [0.15, 0.2) is 0 Å². The fraction of sp³-hybridized carbons (Fsp3) is 0.750. The Morgan fingerprint density at radius 1 is 1.44 bits per heavy atom. The maximum absolute atomic E-state index is 5.25. The van der Waals surface area contributed by atoms with Gasteiger partial charge in [-0.3, -0.25) is 0 Å². The molecule has 0 fully saturated rings. The molecule has 0 amide bonds. The number of terminal acetylenes is 1. The lowest BCUT2D eigenvalue weighted by Crippen LogP contribution is -2.09. The Labute approximate surface area is 57.4 Å². The molecule has 1 heteroatoms. The molecule has 0 radical (unpaired) electrons. The highest BCUT2D eigenvalue weighted by Crippen LogP contribution is 2.00. The van der Waals surface area contributed by atoms with Crippen molar-refractivity contribution in [1.29, 1.82) is 0 Å². The first-order chi connectivity index (χ1) is 4.35. The van der Waals surface area contributed by atoms with E-state index in [1.165, 1.54) is 0 Å². The van der Waals surface area contributed by atoms with E-state index in [4.69, 9.17) is 11.2 Å². The smallest absolute Gasteiger partial charge is 0.107 e. The van der Waals surface area contributed by atoms with Crippen LogP contribution >= 0.6 is 0 Å². The van der Waals surface area contributed by atoms with Crippen molar-refractivity contribution in [2.24, 2.45) is 0 Å². The molecule has 0 aliphatic rings. The number of hydrogen-bond donors (Lipinski definition) is 0. The van der Waals surface area contributed by atoms with E-state index in [-0.39, 0.29) is 0 Å². The molecule has 0 saturated heterocycles. The van der Waals surface area contributed by atoms with Gasteiger partial charge in [-0.25, -0.2) is 0 Å². The van der Waals surface area contributed by atoms with E-state index in [0.717, 1.165) is 12.8 Å². The molecular weight excluding hydrogens is 112 g/mol. The highest BCUT2D eigenvalue weighted by atomic mass is 16.5. The van der Waals surface area contributed by atoms with Gasteiger partial charge in [0.25, 0.3) is 0 Å². The van der Waals surface area contributed by atoms with Gasteiger partial charge in [0, 0.05) is 0 Å². The summed E-state index contributed by atoms with van der Waals surface area (Å²) in [6.07, 6.45) is 7.48. The van der Waals surface area contributed by atoms with Gasteiger partial charge in [-0.15, -0.1) is 6.42 Å². The second-order valence-electron chi connectivity index (χ2n) is 1.95. The zero-order chi connectivity index (χ0) is 7.11. The second kappa shape index (κ2) is 5.65. The first-order valence-electron chi connectivity index (χ1n) is 3.40. The molecule has 9 heavy (non-hydrogen) atoms. The molecule has 0 heterocycles. The summed E-state index contributed by atoms with van der Waals surface area (Å²) in [7, 11) is 0. The van der Waals surface area contributed by atoms with Gasteiger partial charge in [-0.05, 0) is 12.8 Å². The molecule has 0 spiro atoms. The SMILES string of the molecule is C#CCOC(CC)CC. The van der Waals surface area contributed by atoms with Gasteiger partial charge in [0.1, 0.15) is 6.61 Å². The Balaban J connectivity index is 3.22. The largest absolute Gasteiger partial charge is 0.366 e. The van der Waals surface area contributed by atoms with Crippen molar-refractivity contribution in [2.45, 2.75) is 32.8 Å². The highest BCUT2D eigenvalue weighted by Gasteiger charge is 1.99. The van der Waals surface area contributed by atoms with Gasteiger partial charge < -0.3 is 4.74 Å². The molecule has 0 aliphatic carbocycles. The molecule has 0 aromatic rings. The van der Waals surface area contributed by atoms with Crippen LogP contribution in [0.5, 0.6) is 0 Å². The molecule has 0 saturated carbocycles. The van der Waals surface area contributed by atoms with Crippen LogP contribution in [0.1, 0.15) is 26.7 Å². The first-order valence-corrected chi connectivity index (χ1v) is 3.40. The van der Waals surface area contributed by atoms with Crippen molar-refractivity contribution in [3.8, 4) is 12.3 Å². The summed E-state index contributed by atoms with van der Waals surface area (Å²) in [5.74, 6) is 2.44. The number of rotatable bonds is 4. The van der Waals surface area contributed by atoms with Gasteiger partial charge >= 0.3 is 0 Å². The molecule has 0 bridgehead atoms.